The van der Waals surface area contributed by atoms with Crippen molar-refractivity contribution in [2.75, 3.05) is 19.8 Å². The molecule has 7 atom stereocenters. The van der Waals surface area contributed by atoms with Crippen LogP contribution >= 0.6 is 0 Å². The van der Waals surface area contributed by atoms with Gasteiger partial charge in [-0.05, 0) is 50.4 Å². The van der Waals surface area contributed by atoms with Crippen LogP contribution in [0.5, 0.6) is 0 Å². The van der Waals surface area contributed by atoms with Gasteiger partial charge in [0, 0.05) is 23.9 Å². The first-order chi connectivity index (χ1) is 11.7. The Morgan fingerprint density at radius 1 is 0.960 bits per heavy atom. The van der Waals surface area contributed by atoms with Crippen LogP contribution in [0.15, 0.2) is 0 Å². The maximum atomic E-state index is 10.6. The van der Waals surface area contributed by atoms with Gasteiger partial charge < -0.3 is 25.2 Å². The summed E-state index contributed by atoms with van der Waals surface area (Å²) in [5.41, 5.74) is -1.66. The third-order valence-electron chi connectivity index (χ3n) is 8.46. The predicted molar refractivity (Wildman–Crippen MR) is 95.0 cm³/mol. The van der Waals surface area contributed by atoms with Crippen LogP contribution in [0.4, 0.5) is 0 Å². The van der Waals surface area contributed by atoms with Gasteiger partial charge in [0.1, 0.15) is 0 Å². The molecule has 5 heteroatoms. The summed E-state index contributed by atoms with van der Waals surface area (Å²) in [6.07, 6.45) is 5.15. The zero-order chi connectivity index (χ0) is 18.5. The van der Waals surface area contributed by atoms with Crippen molar-refractivity contribution in [3.8, 4) is 0 Å². The second-order valence-electron chi connectivity index (χ2n) is 9.47. The zero-order valence-corrected chi connectivity index (χ0v) is 16.0. The van der Waals surface area contributed by atoms with Crippen molar-refractivity contribution >= 4 is 0 Å². The lowest BCUT2D eigenvalue weighted by atomic mass is 9.43. The molecule has 1 heterocycles. The van der Waals surface area contributed by atoms with Gasteiger partial charge in [-0.25, -0.2) is 0 Å². The normalized spacial score (nSPS) is 53.2. The molecule has 1 aliphatic heterocycles. The Bertz CT molecular complexity index is 498. The Kier molecular flexibility index (Phi) is 5.05. The maximum absolute atomic E-state index is 10.6. The molecule has 2 aliphatic carbocycles. The molecule has 0 radical (unpaired) electrons. The fourth-order valence-corrected chi connectivity index (χ4v) is 6.70. The molecule has 3 aliphatic rings. The second-order valence-corrected chi connectivity index (χ2v) is 9.47. The van der Waals surface area contributed by atoms with Crippen molar-refractivity contribution in [3.63, 3.8) is 0 Å². The van der Waals surface area contributed by atoms with Crippen molar-refractivity contribution in [1.29, 1.82) is 0 Å². The molecule has 1 spiro atoms. The number of fused-ring (bicyclic) bond motifs is 2. The lowest BCUT2D eigenvalue weighted by Crippen LogP contribution is -2.66. The van der Waals surface area contributed by atoms with Crippen LogP contribution in [-0.4, -0.2) is 57.6 Å². The molecule has 146 valence electrons. The number of aliphatic hydroxyl groups excluding tert-OH is 4. The van der Waals surface area contributed by atoms with E-state index >= 15 is 0 Å². The molecule has 1 saturated heterocycles. The molecule has 0 aromatic rings. The third-order valence-corrected chi connectivity index (χ3v) is 8.46. The summed E-state index contributed by atoms with van der Waals surface area (Å²) in [4.78, 5) is 0. The summed E-state index contributed by atoms with van der Waals surface area (Å²) in [6, 6.07) is 0. The highest BCUT2D eigenvalue weighted by Gasteiger charge is 2.68. The summed E-state index contributed by atoms with van der Waals surface area (Å²) < 4.78 is 6.75. The Morgan fingerprint density at radius 3 is 2.28 bits per heavy atom. The Hall–Kier alpha value is -0.200. The van der Waals surface area contributed by atoms with E-state index in [4.69, 9.17) is 4.74 Å². The van der Waals surface area contributed by atoms with E-state index in [0.717, 1.165) is 32.1 Å². The van der Waals surface area contributed by atoms with E-state index in [-0.39, 0.29) is 36.8 Å². The molecule has 0 aromatic carbocycles. The quantitative estimate of drug-likeness (QED) is 0.617. The van der Waals surface area contributed by atoms with Crippen molar-refractivity contribution in [2.45, 2.75) is 83.0 Å². The van der Waals surface area contributed by atoms with Crippen molar-refractivity contribution in [2.24, 2.45) is 22.7 Å². The van der Waals surface area contributed by atoms with Gasteiger partial charge in [-0.15, -0.1) is 0 Å². The van der Waals surface area contributed by atoms with Gasteiger partial charge in [0.15, 0.2) is 0 Å². The van der Waals surface area contributed by atoms with Gasteiger partial charge in [-0.3, -0.25) is 0 Å². The molecular weight excluding hydrogens is 320 g/mol. The van der Waals surface area contributed by atoms with Gasteiger partial charge in [-0.1, -0.05) is 20.8 Å². The third kappa shape index (κ3) is 2.53. The largest absolute Gasteiger partial charge is 0.396 e. The van der Waals surface area contributed by atoms with Crippen LogP contribution < -0.4 is 0 Å². The van der Waals surface area contributed by atoms with Crippen LogP contribution in [0.1, 0.15) is 65.7 Å². The average Bonchev–Trinajstić information content (AvgIpc) is 2.99. The van der Waals surface area contributed by atoms with Crippen LogP contribution in [0.2, 0.25) is 0 Å². The van der Waals surface area contributed by atoms with Crippen molar-refractivity contribution < 1.29 is 25.2 Å². The first-order valence-electron chi connectivity index (χ1n) is 9.94. The van der Waals surface area contributed by atoms with E-state index in [2.05, 4.69) is 13.8 Å². The summed E-state index contributed by atoms with van der Waals surface area (Å²) in [5.74, 6) is 0.549. The number of ether oxygens (including phenoxy) is 1. The molecule has 3 fully saturated rings. The maximum Gasteiger partial charge on any atom is 0.0942 e. The first-order valence-corrected chi connectivity index (χ1v) is 9.94. The lowest BCUT2D eigenvalue weighted by Gasteiger charge is -2.65. The SMILES string of the molecule is CC1CCC2[C@](C)(CO)C(O)CC[C@]2(C)C12CCC(CO)(CCO)O2. The van der Waals surface area contributed by atoms with E-state index in [9.17, 15) is 20.4 Å². The van der Waals surface area contributed by atoms with E-state index in [1.54, 1.807) is 0 Å². The molecule has 0 amide bonds. The Morgan fingerprint density at radius 2 is 1.68 bits per heavy atom. The lowest BCUT2D eigenvalue weighted by molar-refractivity contribution is -0.272. The van der Waals surface area contributed by atoms with Crippen molar-refractivity contribution in [1.82, 2.24) is 0 Å². The molecule has 25 heavy (non-hydrogen) atoms. The summed E-state index contributed by atoms with van der Waals surface area (Å²) in [6.45, 7) is 6.47. The summed E-state index contributed by atoms with van der Waals surface area (Å²) >= 11 is 0. The summed E-state index contributed by atoms with van der Waals surface area (Å²) in [5, 5.41) is 40.2. The molecule has 5 unspecified atom stereocenters. The van der Waals surface area contributed by atoms with Crippen LogP contribution in [-0.2, 0) is 4.74 Å². The minimum Gasteiger partial charge on any atom is -0.396 e. The molecule has 0 bridgehead atoms. The predicted octanol–water partition coefficient (Wildman–Crippen LogP) is 1.85. The van der Waals surface area contributed by atoms with E-state index < -0.39 is 17.1 Å². The molecule has 5 nitrogen and oxygen atoms in total. The smallest absolute Gasteiger partial charge is 0.0942 e. The Labute approximate surface area is 151 Å². The first kappa shape index (κ1) is 19.6. The Balaban J connectivity index is 2.02. The van der Waals surface area contributed by atoms with E-state index in [0.29, 0.717) is 18.8 Å². The van der Waals surface area contributed by atoms with E-state index in [1.165, 1.54) is 0 Å². The molecule has 4 N–H and O–H groups in total. The van der Waals surface area contributed by atoms with Crippen LogP contribution in [0.3, 0.4) is 0 Å². The number of hydrogen-bond donors (Lipinski definition) is 4. The molecule has 3 rings (SSSR count). The molecule has 0 aromatic heterocycles. The van der Waals surface area contributed by atoms with Gasteiger partial charge in [0.2, 0.25) is 0 Å². The van der Waals surface area contributed by atoms with Gasteiger partial charge >= 0.3 is 0 Å². The molecule has 2 saturated carbocycles. The highest BCUT2D eigenvalue weighted by Crippen LogP contribution is 2.67. The topological polar surface area (TPSA) is 90.2 Å². The second kappa shape index (κ2) is 6.45. The number of aliphatic hydroxyl groups is 4. The van der Waals surface area contributed by atoms with Gasteiger partial charge in [-0.2, -0.15) is 0 Å². The number of rotatable bonds is 4. The fraction of sp³-hybridized carbons (Fsp3) is 1.00. The molecular formula is C20H36O5. The monoisotopic (exact) mass is 356 g/mol. The summed E-state index contributed by atoms with van der Waals surface area (Å²) in [7, 11) is 0. The number of hydrogen-bond acceptors (Lipinski definition) is 5. The van der Waals surface area contributed by atoms with Gasteiger partial charge in [0.25, 0.3) is 0 Å². The van der Waals surface area contributed by atoms with Crippen molar-refractivity contribution in [3.05, 3.63) is 0 Å². The van der Waals surface area contributed by atoms with E-state index in [1.807, 2.05) is 6.92 Å². The van der Waals surface area contributed by atoms with Gasteiger partial charge in [0.05, 0.1) is 30.5 Å². The average molecular weight is 357 g/mol. The highest BCUT2D eigenvalue weighted by atomic mass is 16.5. The van der Waals surface area contributed by atoms with Crippen LogP contribution in [0.25, 0.3) is 0 Å². The minimum atomic E-state index is -0.653. The minimum absolute atomic E-state index is 0.0121. The zero-order valence-electron chi connectivity index (χ0n) is 16.0. The highest BCUT2D eigenvalue weighted by molar-refractivity contribution is 5.17. The standard InChI is InChI=1S/C20H36O5/c1-14-4-5-15-17(2,12-22)16(24)6-7-18(15,3)20(14)9-8-19(13-23,25-20)10-11-21/h14-16,21-24H,4-13H2,1-3H3/t14?,15?,16?,17-,18-,19?,20?/m0/s1. The van der Waals surface area contributed by atoms with Crippen LogP contribution in [0, 0.1) is 22.7 Å². The fourth-order valence-electron chi connectivity index (χ4n) is 6.70.